The maximum absolute atomic E-state index is 12.9. The monoisotopic (exact) mass is 424 g/mol. The molecule has 0 spiro atoms. The van der Waals surface area contributed by atoms with Crippen molar-refractivity contribution in [1.82, 2.24) is 14.9 Å². The fraction of sp³-hybridized carbons (Fsp3) is 0.500. The van der Waals surface area contributed by atoms with Crippen molar-refractivity contribution in [2.75, 3.05) is 23.4 Å². The summed E-state index contributed by atoms with van der Waals surface area (Å²) in [7, 11) is 3.60. The standard InChI is InChI=1S/C20H27F3N6O/c1-25-17-10-16(27-11-18-26-7-8-29(18)2)14(9-15(17)24)19(30)28-13-5-3-12(4-6-13)20(21,22)23/h7-10,12-13,25,27H,3-6,11,24H2,1-2H3,(H,28,30). The Kier molecular flexibility index (Phi) is 6.42. The number of nitrogens with two attached hydrogens (primary N) is 1. The van der Waals surface area contributed by atoms with Crippen LogP contribution >= 0.6 is 0 Å². The lowest BCUT2D eigenvalue weighted by molar-refractivity contribution is -0.182. The third kappa shape index (κ3) is 4.98. The molecule has 0 bridgehead atoms. The van der Waals surface area contributed by atoms with Crippen LogP contribution in [0.1, 0.15) is 41.9 Å². The number of carbonyl (C=O) groups is 1. The highest BCUT2D eigenvalue weighted by Gasteiger charge is 2.41. The molecule has 5 N–H and O–H groups in total. The molecule has 1 heterocycles. The number of amides is 1. The Morgan fingerprint density at radius 3 is 2.50 bits per heavy atom. The summed E-state index contributed by atoms with van der Waals surface area (Å²) in [6, 6.07) is 3.03. The highest BCUT2D eigenvalue weighted by atomic mass is 19.4. The lowest BCUT2D eigenvalue weighted by Gasteiger charge is -2.30. The van der Waals surface area contributed by atoms with Gasteiger partial charge < -0.3 is 26.3 Å². The second-order valence-corrected chi connectivity index (χ2v) is 7.61. The van der Waals surface area contributed by atoms with Crippen molar-refractivity contribution in [3.63, 3.8) is 0 Å². The van der Waals surface area contributed by atoms with E-state index in [9.17, 15) is 18.0 Å². The van der Waals surface area contributed by atoms with Gasteiger partial charge in [0.2, 0.25) is 0 Å². The van der Waals surface area contributed by atoms with Crippen molar-refractivity contribution in [1.29, 1.82) is 0 Å². The van der Waals surface area contributed by atoms with Crippen molar-refractivity contribution < 1.29 is 18.0 Å². The summed E-state index contributed by atoms with van der Waals surface area (Å²) >= 11 is 0. The SMILES string of the molecule is CNc1cc(NCc2nccn2C)c(C(=O)NC2CCC(C(F)(F)F)CC2)cc1N. The summed E-state index contributed by atoms with van der Waals surface area (Å²) in [6.45, 7) is 0.396. The molecule has 1 aromatic heterocycles. The smallest absolute Gasteiger partial charge is 0.391 e. The average molecular weight is 424 g/mol. The number of anilines is 3. The first kappa shape index (κ1) is 21.8. The molecule has 0 atom stereocenters. The number of benzene rings is 1. The third-order valence-corrected chi connectivity index (χ3v) is 5.59. The summed E-state index contributed by atoms with van der Waals surface area (Å²) < 4.78 is 40.5. The van der Waals surface area contributed by atoms with Crippen LogP contribution in [0.2, 0.25) is 0 Å². The number of halogens is 3. The van der Waals surface area contributed by atoms with Crippen molar-refractivity contribution in [2.45, 2.75) is 44.4 Å². The first-order valence-electron chi connectivity index (χ1n) is 9.88. The van der Waals surface area contributed by atoms with Gasteiger partial charge in [0.15, 0.2) is 0 Å². The van der Waals surface area contributed by atoms with Gasteiger partial charge in [-0.05, 0) is 37.8 Å². The Hall–Kier alpha value is -2.91. The van der Waals surface area contributed by atoms with E-state index in [1.807, 2.05) is 17.8 Å². The van der Waals surface area contributed by atoms with Gasteiger partial charge in [-0.25, -0.2) is 4.98 Å². The molecule has 0 radical (unpaired) electrons. The van der Waals surface area contributed by atoms with Gasteiger partial charge in [-0.15, -0.1) is 0 Å². The third-order valence-electron chi connectivity index (χ3n) is 5.59. The molecule has 1 aliphatic rings. The van der Waals surface area contributed by atoms with Gasteiger partial charge in [-0.2, -0.15) is 13.2 Å². The number of hydrogen-bond donors (Lipinski definition) is 4. The number of alkyl halides is 3. The van der Waals surface area contributed by atoms with Crippen LogP contribution in [-0.2, 0) is 13.6 Å². The number of rotatable bonds is 6. The fourth-order valence-electron chi connectivity index (χ4n) is 3.74. The van der Waals surface area contributed by atoms with E-state index in [-0.39, 0.29) is 24.8 Å². The highest BCUT2D eigenvalue weighted by molar-refractivity contribution is 6.02. The van der Waals surface area contributed by atoms with Gasteiger partial charge in [-0.1, -0.05) is 0 Å². The van der Waals surface area contributed by atoms with Gasteiger partial charge in [0.05, 0.1) is 29.4 Å². The molecule has 1 aliphatic carbocycles. The number of aryl methyl sites for hydroxylation is 1. The van der Waals surface area contributed by atoms with E-state index in [1.54, 1.807) is 25.4 Å². The number of nitrogens with zero attached hydrogens (tertiary/aromatic N) is 2. The minimum Gasteiger partial charge on any atom is -0.397 e. The van der Waals surface area contributed by atoms with Crippen LogP contribution in [0.15, 0.2) is 24.5 Å². The van der Waals surface area contributed by atoms with Crippen molar-refractivity contribution in [3.8, 4) is 0 Å². The molecule has 3 rings (SSSR count). The first-order chi connectivity index (χ1) is 14.2. The fourth-order valence-corrected chi connectivity index (χ4v) is 3.74. The Labute approximate surface area is 173 Å². The van der Waals surface area contributed by atoms with Gasteiger partial charge in [0, 0.05) is 38.2 Å². The minimum atomic E-state index is -4.17. The molecule has 1 amide bonds. The Balaban J connectivity index is 1.72. The minimum absolute atomic E-state index is 0.0273. The number of carbonyl (C=O) groups excluding carboxylic acids is 1. The maximum atomic E-state index is 12.9. The molecule has 1 aromatic carbocycles. The highest BCUT2D eigenvalue weighted by Crippen LogP contribution is 2.37. The van der Waals surface area contributed by atoms with Crippen molar-refractivity contribution >= 4 is 23.0 Å². The molecular weight excluding hydrogens is 397 g/mol. The van der Waals surface area contributed by atoms with E-state index in [2.05, 4.69) is 20.9 Å². The largest absolute Gasteiger partial charge is 0.397 e. The lowest BCUT2D eigenvalue weighted by Crippen LogP contribution is -2.40. The number of nitrogen functional groups attached to an aromatic ring is 1. The van der Waals surface area contributed by atoms with Crippen LogP contribution in [0.4, 0.5) is 30.2 Å². The normalized spacial score (nSPS) is 19.4. The van der Waals surface area contributed by atoms with Gasteiger partial charge in [0.25, 0.3) is 5.91 Å². The molecule has 0 aliphatic heterocycles. The number of imidazole rings is 1. The summed E-state index contributed by atoms with van der Waals surface area (Å²) in [6.07, 6.45) is -0.00646. The Morgan fingerprint density at radius 2 is 1.93 bits per heavy atom. The second kappa shape index (κ2) is 8.85. The predicted molar refractivity (Wildman–Crippen MR) is 110 cm³/mol. The molecule has 7 nitrogen and oxygen atoms in total. The van der Waals surface area contributed by atoms with E-state index in [1.165, 1.54) is 0 Å². The van der Waals surface area contributed by atoms with Crippen LogP contribution < -0.4 is 21.7 Å². The van der Waals surface area contributed by atoms with E-state index in [4.69, 9.17) is 5.73 Å². The molecule has 2 aromatic rings. The van der Waals surface area contributed by atoms with Crippen LogP contribution in [0.3, 0.4) is 0 Å². The number of hydrogen-bond acceptors (Lipinski definition) is 5. The van der Waals surface area contributed by atoms with Gasteiger partial charge in [-0.3, -0.25) is 4.79 Å². The molecule has 0 unspecified atom stereocenters. The molecule has 1 saturated carbocycles. The van der Waals surface area contributed by atoms with E-state index in [0.29, 0.717) is 42.0 Å². The summed E-state index contributed by atoms with van der Waals surface area (Å²) in [5, 5.41) is 9.07. The Bertz CT molecular complexity index is 887. The Morgan fingerprint density at radius 1 is 1.23 bits per heavy atom. The van der Waals surface area contributed by atoms with Crippen molar-refractivity contribution in [3.05, 3.63) is 35.9 Å². The predicted octanol–water partition coefficient (Wildman–Crippen LogP) is 3.51. The van der Waals surface area contributed by atoms with Gasteiger partial charge >= 0.3 is 6.18 Å². The average Bonchev–Trinajstić information content (AvgIpc) is 3.11. The van der Waals surface area contributed by atoms with Crippen LogP contribution in [0.25, 0.3) is 0 Å². The molecule has 30 heavy (non-hydrogen) atoms. The zero-order chi connectivity index (χ0) is 21.9. The second-order valence-electron chi connectivity index (χ2n) is 7.61. The molecule has 0 saturated heterocycles. The van der Waals surface area contributed by atoms with E-state index >= 15 is 0 Å². The summed E-state index contributed by atoms with van der Waals surface area (Å²) in [5.74, 6) is -0.858. The molecule has 10 heteroatoms. The van der Waals surface area contributed by atoms with Crippen LogP contribution in [0.5, 0.6) is 0 Å². The number of aromatic nitrogens is 2. The maximum Gasteiger partial charge on any atom is 0.391 e. The van der Waals surface area contributed by atoms with Crippen LogP contribution in [-0.4, -0.2) is 34.7 Å². The lowest BCUT2D eigenvalue weighted by atomic mass is 9.85. The summed E-state index contributed by atoms with van der Waals surface area (Å²) in [5.41, 5.74) is 8.03. The van der Waals surface area contributed by atoms with E-state index in [0.717, 1.165) is 5.82 Å². The quantitative estimate of drug-likeness (QED) is 0.532. The first-order valence-corrected chi connectivity index (χ1v) is 9.88. The van der Waals surface area contributed by atoms with Crippen molar-refractivity contribution in [2.24, 2.45) is 13.0 Å². The number of nitrogens with one attached hydrogen (secondary N) is 3. The zero-order valence-corrected chi connectivity index (χ0v) is 17.0. The molecule has 164 valence electrons. The summed E-state index contributed by atoms with van der Waals surface area (Å²) in [4.78, 5) is 17.2. The van der Waals surface area contributed by atoms with Crippen LogP contribution in [0, 0.1) is 5.92 Å². The van der Waals surface area contributed by atoms with E-state index < -0.39 is 12.1 Å². The molecule has 1 fully saturated rings. The topological polar surface area (TPSA) is 97.0 Å². The van der Waals surface area contributed by atoms with Gasteiger partial charge in [0.1, 0.15) is 5.82 Å². The molecular formula is C20H27F3N6O. The zero-order valence-electron chi connectivity index (χ0n) is 17.0.